The minimum Gasteiger partial charge on any atom is -0.241 e. The highest BCUT2D eigenvalue weighted by molar-refractivity contribution is 5.58. The van der Waals surface area contributed by atoms with E-state index in [-0.39, 0.29) is 11.4 Å². The summed E-state index contributed by atoms with van der Waals surface area (Å²) in [7, 11) is 0. The molecule has 0 spiro atoms. The molecule has 0 fully saturated rings. The van der Waals surface area contributed by atoms with Gasteiger partial charge in [0.05, 0.1) is 16.9 Å². The monoisotopic (exact) mass is 253 g/mol. The second-order valence-electron chi connectivity index (χ2n) is 3.34. The predicted octanol–water partition coefficient (Wildman–Crippen LogP) is 3.83. The molecule has 0 unspecified atom stereocenters. The number of hydrogen-bond acceptors (Lipinski definition) is 2. The maximum atomic E-state index is 12.5. The van der Waals surface area contributed by atoms with E-state index in [1.165, 1.54) is 16.9 Å². The van der Waals surface area contributed by atoms with Crippen LogP contribution in [0.1, 0.15) is 5.56 Å². The summed E-state index contributed by atoms with van der Waals surface area (Å²) in [6.45, 7) is 0. The molecule has 0 aliphatic carbocycles. The summed E-state index contributed by atoms with van der Waals surface area (Å²) < 4.78 is 38.9. The largest absolute Gasteiger partial charge is 0.416 e. The van der Waals surface area contributed by atoms with Crippen molar-refractivity contribution in [1.29, 1.82) is 0 Å². The minimum atomic E-state index is -4.48. The number of alkyl halides is 3. The smallest absolute Gasteiger partial charge is 0.241 e. The fourth-order valence-electron chi connectivity index (χ4n) is 1.43. The molecule has 0 saturated heterocycles. The fourth-order valence-corrected chi connectivity index (χ4v) is 1.43. The van der Waals surface area contributed by atoms with Gasteiger partial charge >= 0.3 is 6.18 Å². The molecule has 0 bridgehead atoms. The Kier molecular flexibility index (Phi) is 2.95. The summed E-state index contributed by atoms with van der Waals surface area (Å²) in [5.41, 5.74) is 7.66. The number of hydrogen-bond donors (Lipinski definition) is 0. The third-order valence-corrected chi connectivity index (χ3v) is 2.21. The van der Waals surface area contributed by atoms with Crippen LogP contribution in [0.2, 0.25) is 0 Å². The Labute approximate surface area is 99.1 Å². The molecule has 1 aromatic heterocycles. The van der Waals surface area contributed by atoms with Crippen molar-refractivity contribution in [2.45, 2.75) is 6.18 Å². The van der Waals surface area contributed by atoms with Crippen LogP contribution < -0.4 is 0 Å². The standard InChI is InChI=1S/C10H6F3N5/c11-10(12,13)7-2-3-9(8(6-7)16-17-14)18-5-1-4-15-18/h1-6H. The molecule has 2 rings (SSSR count). The van der Waals surface area contributed by atoms with Crippen LogP contribution in [0.5, 0.6) is 0 Å². The van der Waals surface area contributed by atoms with E-state index in [4.69, 9.17) is 5.53 Å². The molecule has 2 aromatic rings. The number of azide groups is 1. The highest BCUT2D eigenvalue weighted by atomic mass is 19.4. The van der Waals surface area contributed by atoms with Gasteiger partial charge in [0.2, 0.25) is 0 Å². The van der Waals surface area contributed by atoms with Crippen molar-refractivity contribution in [3.8, 4) is 5.69 Å². The Morgan fingerprint density at radius 3 is 2.67 bits per heavy atom. The van der Waals surface area contributed by atoms with Gasteiger partial charge in [-0.2, -0.15) is 18.3 Å². The summed E-state index contributed by atoms with van der Waals surface area (Å²) in [5, 5.41) is 7.13. The number of halogens is 3. The summed E-state index contributed by atoms with van der Waals surface area (Å²) in [5.74, 6) is 0. The normalized spacial score (nSPS) is 11.1. The lowest BCUT2D eigenvalue weighted by atomic mass is 10.1. The van der Waals surface area contributed by atoms with Crippen molar-refractivity contribution in [3.63, 3.8) is 0 Å². The first-order valence-electron chi connectivity index (χ1n) is 4.79. The average molecular weight is 253 g/mol. The summed E-state index contributed by atoms with van der Waals surface area (Å²) in [6, 6.07) is 4.52. The van der Waals surface area contributed by atoms with Crippen LogP contribution >= 0.6 is 0 Å². The highest BCUT2D eigenvalue weighted by Crippen LogP contribution is 2.34. The lowest BCUT2D eigenvalue weighted by Gasteiger charge is -2.10. The van der Waals surface area contributed by atoms with Crippen LogP contribution in [0.4, 0.5) is 18.9 Å². The fraction of sp³-hybridized carbons (Fsp3) is 0.100. The summed E-state index contributed by atoms with van der Waals surface area (Å²) >= 11 is 0. The van der Waals surface area contributed by atoms with E-state index in [0.717, 1.165) is 12.1 Å². The highest BCUT2D eigenvalue weighted by Gasteiger charge is 2.31. The summed E-state index contributed by atoms with van der Waals surface area (Å²) in [6.07, 6.45) is -1.47. The van der Waals surface area contributed by atoms with Gasteiger partial charge in [-0.1, -0.05) is 5.11 Å². The maximum Gasteiger partial charge on any atom is 0.416 e. The minimum absolute atomic E-state index is 0.129. The number of benzene rings is 1. The Hall–Kier alpha value is -2.47. The van der Waals surface area contributed by atoms with Crippen molar-refractivity contribution >= 4 is 5.69 Å². The Bertz CT molecular complexity index is 596. The van der Waals surface area contributed by atoms with Crippen LogP contribution in [0.15, 0.2) is 41.8 Å². The van der Waals surface area contributed by atoms with Crippen LogP contribution in [-0.4, -0.2) is 9.78 Å². The van der Waals surface area contributed by atoms with Gasteiger partial charge in [-0.25, -0.2) is 4.68 Å². The van der Waals surface area contributed by atoms with Gasteiger partial charge < -0.3 is 0 Å². The lowest BCUT2D eigenvalue weighted by molar-refractivity contribution is -0.137. The van der Waals surface area contributed by atoms with Crippen molar-refractivity contribution in [2.75, 3.05) is 0 Å². The summed E-state index contributed by atoms with van der Waals surface area (Å²) in [4.78, 5) is 2.52. The third-order valence-electron chi connectivity index (χ3n) is 2.21. The zero-order chi connectivity index (χ0) is 13.2. The molecular weight excluding hydrogens is 247 g/mol. The van der Waals surface area contributed by atoms with E-state index < -0.39 is 11.7 Å². The van der Waals surface area contributed by atoms with Crippen LogP contribution in [0, 0.1) is 0 Å². The van der Waals surface area contributed by atoms with Crippen molar-refractivity contribution < 1.29 is 13.2 Å². The molecule has 1 heterocycles. The van der Waals surface area contributed by atoms with Gasteiger partial charge in [0, 0.05) is 17.3 Å². The van der Waals surface area contributed by atoms with E-state index in [1.54, 1.807) is 12.3 Å². The van der Waals surface area contributed by atoms with E-state index >= 15 is 0 Å². The third kappa shape index (κ3) is 2.28. The molecule has 0 saturated carbocycles. The molecule has 0 N–H and O–H groups in total. The maximum absolute atomic E-state index is 12.5. The van der Waals surface area contributed by atoms with Crippen molar-refractivity contribution in [1.82, 2.24) is 9.78 Å². The van der Waals surface area contributed by atoms with Gasteiger partial charge in [0.25, 0.3) is 0 Å². The van der Waals surface area contributed by atoms with Gasteiger partial charge in [-0.3, -0.25) is 0 Å². The van der Waals surface area contributed by atoms with Crippen LogP contribution in [-0.2, 0) is 6.18 Å². The molecule has 0 aliphatic heterocycles. The van der Waals surface area contributed by atoms with Gasteiger partial charge in [-0.15, -0.1) is 0 Å². The molecule has 8 heteroatoms. The van der Waals surface area contributed by atoms with Gasteiger partial charge in [0.1, 0.15) is 0 Å². The van der Waals surface area contributed by atoms with E-state index in [0.29, 0.717) is 0 Å². The van der Waals surface area contributed by atoms with Crippen molar-refractivity contribution in [3.05, 3.63) is 52.7 Å². The molecule has 0 aliphatic rings. The van der Waals surface area contributed by atoms with Crippen LogP contribution in [0.3, 0.4) is 0 Å². The molecule has 5 nitrogen and oxygen atoms in total. The zero-order valence-corrected chi connectivity index (χ0v) is 8.83. The number of nitrogens with zero attached hydrogens (tertiary/aromatic N) is 5. The average Bonchev–Trinajstić information content (AvgIpc) is 2.81. The molecule has 92 valence electrons. The van der Waals surface area contributed by atoms with E-state index in [2.05, 4.69) is 15.1 Å². The topological polar surface area (TPSA) is 66.6 Å². The van der Waals surface area contributed by atoms with Crippen LogP contribution in [0.25, 0.3) is 16.1 Å². The first kappa shape index (κ1) is 12.0. The van der Waals surface area contributed by atoms with E-state index in [9.17, 15) is 13.2 Å². The van der Waals surface area contributed by atoms with E-state index in [1.807, 2.05) is 0 Å². The van der Waals surface area contributed by atoms with Crippen molar-refractivity contribution in [2.24, 2.45) is 5.11 Å². The molecule has 0 atom stereocenters. The number of aromatic nitrogens is 2. The molecular formula is C10H6F3N5. The first-order chi connectivity index (χ1) is 8.52. The molecule has 18 heavy (non-hydrogen) atoms. The Morgan fingerprint density at radius 1 is 1.33 bits per heavy atom. The number of rotatable bonds is 2. The second-order valence-corrected chi connectivity index (χ2v) is 3.34. The Balaban J connectivity index is 2.59. The zero-order valence-electron chi connectivity index (χ0n) is 8.83. The second kappa shape index (κ2) is 4.42. The van der Waals surface area contributed by atoms with Gasteiger partial charge in [-0.05, 0) is 29.8 Å². The molecule has 0 radical (unpaired) electrons. The first-order valence-corrected chi connectivity index (χ1v) is 4.79. The lowest BCUT2D eigenvalue weighted by Crippen LogP contribution is -2.05. The Morgan fingerprint density at radius 2 is 2.11 bits per heavy atom. The molecule has 1 aromatic carbocycles. The quantitative estimate of drug-likeness (QED) is 0.455. The predicted molar refractivity (Wildman–Crippen MR) is 57.4 cm³/mol. The van der Waals surface area contributed by atoms with Gasteiger partial charge in [0.15, 0.2) is 0 Å². The SMILES string of the molecule is [N-]=[N+]=Nc1cc(C(F)(F)F)ccc1-n1cccn1. The molecule has 0 amide bonds.